The molecule has 6 nitrogen and oxygen atoms in total. The van der Waals surface area contributed by atoms with Crippen molar-refractivity contribution in [2.24, 2.45) is 10.7 Å². The molecule has 2 aromatic carbocycles. The summed E-state index contributed by atoms with van der Waals surface area (Å²) in [5, 5.41) is 3.07. The van der Waals surface area contributed by atoms with Gasteiger partial charge in [-0.3, -0.25) is 0 Å². The topological polar surface area (TPSA) is 96.6 Å². The zero-order chi connectivity index (χ0) is 20.9. The molecule has 0 aliphatic heterocycles. The van der Waals surface area contributed by atoms with Crippen molar-refractivity contribution in [3.8, 4) is 0 Å². The molecule has 0 radical (unpaired) electrons. The normalized spacial score (nSPS) is 13.0. The van der Waals surface area contributed by atoms with E-state index in [-0.39, 0.29) is 17.4 Å². The van der Waals surface area contributed by atoms with Crippen molar-refractivity contribution < 1.29 is 8.42 Å². The number of rotatable bonds is 6. The lowest BCUT2D eigenvalue weighted by molar-refractivity contribution is 0.491. The standard InChI is InChI=1S/C21H30N4O2S/c1-15(2)16-10-8-11-18(13-16)24-20(22)23-14-17-9-6-7-12-19(17)28(26,27)25-21(3,4)5/h6-13,15,25H,14H2,1-5H3,(H3,22,23,24). The lowest BCUT2D eigenvalue weighted by Gasteiger charge is -2.21. The van der Waals surface area contributed by atoms with Gasteiger partial charge in [0.25, 0.3) is 0 Å². The number of nitrogens with zero attached hydrogens (tertiary/aromatic N) is 1. The molecule has 0 atom stereocenters. The van der Waals surface area contributed by atoms with Crippen LogP contribution in [0, 0.1) is 0 Å². The van der Waals surface area contributed by atoms with E-state index in [0.29, 0.717) is 11.5 Å². The van der Waals surface area contributed by atoms with Crippen molar-refractivity contribution in [1.29, 1.82) is 0 Å². The van der Waals surface area contributed by atoms with Crippen LogP contribution in [0.3, 0.4) is 0 Å². The van der Waals surface area contributed by atoms with E-state index in [1.54, 1.807) is 45.0 Å². The third-order valence-corrected chi connectivity index (χ3v) is 5.81. The van der Waals surface area contributed by atoms with Crippen LogP contribution in [-0.4, -0.2) is 19.9 Å². The molecule has 0 aliphatic rings. The molecule has 4 N–H and O–H groups in total. The average molecular weight is 403 g/mol. The van der Waals surface area contributed by atoms with Crippen LogP contribution < -0.4 is 15.8 Å². The Morgan fingerprint density at radius 1 is 1.11 bits per heavy atom. The average Bonchev–Trinajstić information content (AvgIpc) is 2.58. The summed E-state index contributed by atoms with van der Waals surface area (Å²) in [5.74, 6) is 0.643. The number of aliphatic imine (C=N–C) groups is 1. The molecule has 0 fully saturated rings. The lowest BCUT2D eigenvalue weighted by atomic mass is 10.0. The van der Waals surface area contributed by atoms with Gasteiger partial charge >= 0.3 is 0 Å². The summed E-state index contributed by atoms with van der Waals surface area (Å²) in [4.78, 5) is 4.54. The van der Waals surface area contributed by atoms with E-state index in [1.165, 1.54) is 5.56 Å². The van der Waals surface area contributed by atoms with E-state index in [9.17, 15) is 8.42 Å². The number of guanidine groups is 1. The summed E-state index contributed by atoms with van der Waals surface area (Å²) >= 11 is 0. The van der Waals surface area contributed by atoms with Crippen molar-refractivity contribution in [2.45, 2.75) is 57.5 Å². The molecule has 0 aliphatic carbocycles. The van der Waals surface area contributed by atoms with Crippen LogP contribution in [0.1, 0.15) is 51.7 Å². The second kappa shape index (κ2) is 8.75. The molecular formula is C21H30N4O2S. The van der Waals surface area contributed by atoms with E-state index in [4.69, 9.17) is 5.73 Å². The zero-order valence-corrected chi connectivity index (χ0v) is 18.0. The summed E-state index contributed by atoms with van der Waals surface area (Å²) in [5.41, 5.74) is 8.07. The third-order valence-electron chi connectivity index (χ3n) is 3.95. The Morgan fingerprint density at radius 3 is 2.43 bits per heavy atom. The van der Waals surface area contributed by atoms with E-state index in [0.717, 1.165) is 5.69 Å². The van der Waals surface area contributed by atoms with Gasteiger partial charge in [0.05, 0.1) is 11.4 Å². The fraction of sp³-hybridized carbons (Fsp3) is 0.381. The Kier molecular flexibility index (Phi) is 6.85. The summed E-state index contributed by atoms with van der Waals surface area (Å²) in [6.45, 7) is 9.82. The molecule has 2 aromatic rings. The highest BCUT2D eigenvalue weighted by Crippen LogP contribution is 2.20. The summed E-state index contributed by atoms with van der Waals surface area (Å²) in [6.07, 6.45) is 0. The third kappa shape index (κ3) is 6.35. The highest BCUT2D eigenvalue weighted by atomic mass is 32.2. The van der Waals surface area contributed by atoms with Crippen molar-refractivity contribution in [1.82, 2.24) is 4.72 Å². The second-order valence-electron chi connectivity index (χ2n) is 8.07. The van der Waals surface area contributed by atoms with Crippen LogP contribution in [0.2, 0.25) is 0 Å². The van der Waals surface area contributed by atoms with Gasteiger partial charge in [-0.25, -0.2) is 18.1 Å². The highest BCUT2D eigenvalue weighted by molar-refractivity contribution is 7.89. The minimum atomic E-state index is -3.65. The van der Waals surface area contributed by atoms with Crippen LogP contribution in [0.5, 0.6) is 0 Å². The number of nitrogens with one attached hydrogen (secondary N) is 2. The van der Waals surface area contributed by atoms with E-state index >= 15 is 0 Å². The predicted molar refractivity (Wildman–Crippen MR) is 116 cm³/mol. The van der Waals surface area contributed by atoms with Gasteiger partial charge in [0.2, 0.25) is 10.0 Å². The fourth-order valence-electron chi connectivity index (χ4n) is 2.69. The predicted octanol–water partition coefficient (Wildman–Crippen LogP) is 3.81. The van der Waals surface area contributed by atoms with Crippen LogP contribution in [0.15, 0.2) is 58.4 Å². The second-order valence-corrected chi connectivity index (χ2v) is 9.72. The van der Waals surface area contributed by atoms with E-state index in [1.807, 2.05) is 18.2 Å². The Morgan fingerprint density at radius 2 is 1.79 bits per heavy atom. The first-order chi connectivity index (χ1) is 13.0. The molecule has 0 saturated heterocycles. The van der Waals surface area contributed by atoms with Crippen molar-refractivity contribution in [2.75, 3.05) is 5.32 Å². The Hall–Kier alpha value is -2.38. The van der Waals surface area contributed by atoms with Crippen LogP contribution >= 0.6 is 0 Å². The Bertz CT molecular complexity index is 945. The molecule has 0 amide bonds. The van der Waals surface area contributed by atoms with Crippen molar-refractivity contribution in [3.63, 3.8) is 0 Å². The molecule has 0 unspecified atom stereocenters. The smallest absolute Gasteiger partial charge is 0.241 e. The van der Waals surface area contributed by atoms with Gasteiger partial charge in [0, 0.05) is 11.2 Å². The van der Waals surface area contributed by atoms with Crippen molar-refractivity contribution >= 4 is 21.7 Å². The molecule has 0 saturated carbocycles. The molecule has 0 spiro atoms. The largest absolute Gasteiger partial charge is 0.370 e. The molecular weight excluding hydrogens is 372 g/mol. The molecule has 152 valence electrons. The monoisotopic (exact) mass is 402 g/mol. The Balaban J connectivity index is 2.19. The molecule has 2 rings (SSSR count). The van der Waals surface area contributed by atoms with Gasteiger partial charge < -0.3 is 11.1 Å². The molecule has 0 aromatic heterocycles. The molecule has 7 heteroatoms. The van der Waals surface area contributed by atoms with Gasteiger partial charge in [-0.15, -0.1) is 0 Å². The maximum atomic E-state index is 12.7. The van der Waals surface area contributed by atoms with Gasteiger partial charge in [0.1, 0.15) is 0 Å². The van der Waals surface area contributed by atoms with Crippen LogP contribution in [0.4, 0.5) is 5.69 Å². The Labute approximate surface area is 168 Å². The quantitative estimate of drug-likeness (QED) is 0.505. The zero-order valence-electron chi connectivity index (χ0n) is 17.2. The van der Waals surface area contributed by atoms with Gasteiger partial charge in [-0.2, -0.15) is 0 Å². The van der Waals surface area contributed by atoms with Crippen LogP contribution in [-0.2, 0) is 16.6 Å². The first kappa shape index (κ1) is 21.9. The maximum absolute atomic E-state index is 12.7. The first-order valence-electron chi connectivity index (χ1n) is 9.27. The highest BCUT2D eigenvalue weighted by Gasteiger charge is 2.24. The number of hydrogen-bond donors (Lipinski definition) is 3. The number of nitrogens with two attached hydrogens (primary N) is 1. The fourth-order valence-corrected chi connectivity index (χ4v) is 4.34. The summed E-state index contributed by atoms with van der Waals surface area (Å²) < 4.78 is 28.1. The number of anilines is 1. The summed E-state index contributed by atoms with van der Waals surface area (Å²) in [6, 6.07) is 14.8. The minimum Gasteiger partial charge on any atom is -0.370 e. The van der Waals surface area contributed by atoms with Crippen molar-refractivity contribution in [3.05, 3.63) is 59.7 Å². The van der Waals surface area contributed by atoms with Gasteiger partial charge in [-0.1, -0.05) is 44.2 Å². The van der Waals surface area contributed by atoms with Crippen LogP contribution in [0.25, 0.3) is 0 Å². The van der Waals surface area contributed by atoms with E-state index < -0.39 is 15.6 Å². The maximum Gasteiger partial charge on any atom is 0.241 e. The molecule has 0 bridgehead atoms. The van der Waals surface area contributed by atoms with Gasteiger partial charge in [-0.05, 0) is 56.0 Å². The SMILES string of the molecule is CC(C)c1cccc(NC(N)=NCc2ccccc2S(=O)(=O)NC(C)(C)C)c1. The lowest BCUT2D eigenvalue weighted by Crippen LogP contribution is -2.40. The van der Waals surface area contributed by atoms with Gasteiger partial charge in [0.15, 0.2) is 5.96 Å². The first-order valence-corrected chi connectivity index (χ1v) is 10.7. The minimum absolute atomic E-state index is 0.157. The molecule has 28 heavy (non-hydrogen) atoms. The summed E-state index contributed by atoms with van der Waals surface area (Å²) in [7, 11) is -3.65. The number of sulfonamides is 1. The number of hydrogen-bond acceptors (Lipinski definition) is 3. The molecule has 0 heterocycles. The van der Waals surface area contributed by atoms with E-state index in [2.05, 4.69) is 34.9 Å². The number of benzene rings is 2.